The normalized spacial score (nSPS) is 12.3. The minimum Gasteiger partial charge on any atom is -0.360 e. The molecule has 0 fully saturated rings. The van der Waals surface area contributed by atoms with Gasteiger partial charge in [0.05, 0.1) is 10.9 Å². The highest BCUT2D eigenvalue weighted by atomic mass is 32.2. The third-order valence-corrected chi connectivity index (χ3v) is 7.41. The van der Waals surface area contributed by atoms with Crippen molar-refractivity contribution >= 4 is 45.1 Å². The number of carbonyl (C=O) groups excluding carboxylic acids is 1. The number of ketones is 1. The first kappa shape index (κ1) is 22.1. The SMILES string of the molecule is C=CCn1c(=O)c2ccccc2n2c(SC(C(=O)c3c[nH]c4ccccc34)c3ccccc3)nnc12. The summed E-state index contributed by atoms with van der Waals surface area (Å²) in [4.78, 5) is 30.4. The molecular formula is C28H21N5O2S. The minimum atomic E-state index is -0.573. The lowest BCUT2D eigenvalue weighted by Crippen LogP contribution is -2.22. The lowest BCUT2D eigenvalue weighted by atomic mass is 10.0. The Hall–Kier alpha value is -4.43. The van der Waals surface area contributed by atoms with Gasteiger partial charge < -0.3 is 4.98 Å². The van der Waals surface area contributed by atoms with Crippen LogP contribution in [0.5, 0.6) is 0 Å². The third kappa shape index (κ3) is 3.54. The maximum absolute atomic E-state index is 14.0. The fourth-order valence-electron chi connectivity index (χ4n) is 4.53. The van der Waals surface area contributed by atoms with Crippen molar-refractivity contribution in [2.45, 2.75) is 17.0 Å². The molecule has 0 aliphatic heterocycles. The summed E-state index contributed by atoms with van der Waals surface area (Å²) in [6.45, 7) is 4.08. The van der Waals surface area contributed by atoms with Crippen molar-refractivity contribution in [1.82, 2.24) is 24.1 Å². The molecule has 0 bridgehead atoms. The van der Waals surface area contributed by atoms with E-state index in [1.165, 1.54) is 11.8 Å². The number of aromatic amines is 1. The summed E-state index contributed by atoms with van der Waals surface area (Å²) in [5, 5.41) is 10.2. The number of rotatable bonds is 7. The van der Waals surface area contributed by atoms with E-state index in [-0.39, 0.29) is 11.3 Å². The van der Waals surface area contributed by atoms with E-state index in [0.29, 0.717) is 33.9 Å². The third-order valence-electron chi connectivity index (χ3n) is 6.21. The van der Waals surface area contributed by atoms with Crippen molar-refractivity contribution in [1.29, 1.82) is 0 Å². The summed E-state index contributed by atoms with van der Waals surface area (Å²) in [7, 11) is 0. The van der Waals surface area contributed by atoms with Gasteiger partial charge in [-0.15, -0.1) is 16.8 Å². The Bertz CT molecular complexity index is 1820. The van der Waals surface area contributed by atoms with Crippen molar-refractivity contribution in [2.24, 2.45) is 0 Å². The molecule has 0 amide bonds. The van der Waals surface area contributed by atoms with Crippen molar-refractivity contribution in [3.63, 3.8) is 0 Å². The number of benzene rings is 3. The Balaban J connectivity index is 1.54. The number of allylic oxidation sites excluding steroid dienone is 1. The fraction of sp³-hybridized carbons (Fsp3) is 0.0714. The number of aromatic nitrogens is 5. The van der Waals surface area contributed by atoms with Crippen LogP contribution in [-0.4, -0.2) is 29.9 Å². The van der Waals surface area contributed by atoms with Crippen LogP contribution in [0.25, 0.3) is 27.6 Å². The van der Waals surface area contributed by atoms with Crippen LogP contribution in [0.4, 0.5) is 0 Å². The lowest BCUT2D eigenvalue weighted by molar-refractivity contribution is 0.0991. The van der Waals surface area contributed by atoms with E-state index in [1.54, 1.807) is 22.9 Å². The molecule has 0 spiro atoms. The highest BCUT2D eigenvalue weighted by Gasteiger charge is 2.28. The molecule has 0 aliphatic carbocycles. The first-order valence-electron chi connectivity index (χ1n) is 11.5. The summed E-state index contributed by atoms with van der Waals surface area (Å²) < 4.78 is 3.40. The molecule has 6 rings (SSSR count). The molecule has 1 unspecified atom stereocenters. The molecule has 3 aromatic heterocycles. The van der Waals surface area contributed by atoms with Gasteiger partial charge in [-0.2, -0.15) is 0 Å². The van der Waals surface area contributed by atoms with Gasteiger partial charge in [-0.1, -0.05) is 78.5 Å². The molecule has 7 nitrogen and oxygen atoms in total. The van der Waals surface area contributed by atoms with Crippen LogP contribution in [0.3, 0.4) is 0 Å². The maximum Gasteiger partial charge on any atom is 0.263 e. The molecule has 0 saturated carbocycles. The van der Waals surface area contributed by atoms with E-state index in [1.807, 2.05) is 77.2 Å². The highest BCUT2D eigenvalue weighted by molar-refractivity contribution is 8.00. The molecule has 176 valence electrons. The van der Waals surface area contributed by atoms with Crippen molar-refractivity contribution in [2.75, 3.05) is 0 Å². The average molecular weight is 492 g/mol. The van der Waals surface area contributed by atoms with Crippen molar-refractivity contribution in [3.05, 3.63) is 119 Å². The van der Waals surface area contributed by atoms with Crippen LogP contribution in [0, 0.1) is 0 Å². The second-order valence-electron chi connectivity index (χ2n) is 8.36. The predicted molar refractivity (Wildman–Crippen MR) is 143 cm³/mol. The number of Topliss-reactive ketones (excluding diaryl/α,β-unsaturated/α-hetero) is 1. The number of thioether (sulfide) groups is 1. The van der Waals surface area contributed by atoms with Crippen LogP contribution in [0.15, 0.2) is 108 Å². The lowest BCUT2D eigenvalue weighted by Gasteiger charge is -2.16. The van der Waals surface area contributed by atoms with E-state index < -0.39 is 5.25 Å². The molecule has 0 saturated heterocycles. The quantitative estimate of drug-likeness (QED) is 0.183. The Morgan fingerprint density at radius 3 is 2.50 bits per heavy atom. The van der Waals surface area contributed by atoms with Gasteiger partial charge in [0, 0.05) is 29.2 Å². The van der Waals surface area contributed by atoms with E-state index in [0.717, 1.165) is 16.5 Å². The smallest absolute Gasteiger partial charge is 0.263 e. The van der Waals surface area contributed by atoms with Gasteiger partial charge in [-0.25, -0.2) is 0 Å². The Labute approximate surface area is 210 Å². The standard InChI is InChI=1S/C28H21N5O2S/c1-2-16-32-26(35)20-13-7-9-15-23(20)33-27(32)30-31-28(33)36-25(18-10-4-3-5-11-18)24(34)21-17-29-22-14-8-6-12-19(21)22/h2-15,17,25,29H,1,16H2. The number of H-pyrrole nitrogens is 1. The van der Waals surface area contributed by atoms with E-state index in [4.69, 9.17) is 0 Å². The minimum absolute atomic E-state index is 0.0379. The number of hydrogen-bond donors (Lipinski definition) is 1. The summed E-state index contributed by atoms with van der Waals surface area (Å²) in [6.07, 6.45) is 3.42. The molecule has 0 radical (unpaired) electrons. The van der Waals surface area contributed by atoms with E-state index in [9.17, 15) is 9.59 Å². The zero-order valence-corrected chi connectivity index (χ0v) is 20.0. The second-order valence-corrected chi connectivity index (χ2v) is 9.43. The molecule has 6 aromatic rings. The van der Waals surface area contributed by atoms with Crippen molar-refractivity contribution < 1.29 is 4.79 Å². The number of fused-ring (bicyclic) bond motifs is 4. The summed E-state index contributed by atoms with van der Waals surface area (Å²) >= 11 is 1.33. The molecule has 0 aliphatic rings. The molecular weight excluding hydrogens is 470 g/mol. The molecule has 8 heteroatoms. The second kappa shape index (κ2) is 8.98. The summed E-state index contributed by atoms with van der Waals surface area (Å²) in [5.74, 6) is 0.372. The molecule has 1 N–H and O–H groups in total. The Kier molecular flexibility index (Phi) is 5.50. The van der Waals surface area contributed by atoms with Crippen LogP contribution >= 0.6 is 11.8 Å². The monoisotopic (exact) mass is 491 g/mol. The van der Waals surface area contributed by atoms with E-state index >= 15 is 0 Å². The zero-order valence-electron chi connectivity index (χ0n) is 19.2. The van der Waals surface area contributed by atoms with Gasteiger partial charge in [-0.05, 0) is 23.8 Å². The molecule has 36 heavy (non-hydrogen) atoms. The van der Waals surface area contributed by atoms with Crippen LogP contribution in [-0.2, 0) is 6.54 Å². The average Bonchev–Trinajstić information content (AvgIpc) is 3.54. The van der Waals surface area contributed by atoms with Crippen molar-refractivity contribution in [3.8, 4) is 0 Å². The van der Waals surface area contributed by atoms with Crippen LogP contribution in [0.1, 0.15) is 21.2 Å². The predicted octanol–water partition coefficient (Wildman–Crippen LogP) is 5.43. The number of para-hydroxylation sites is 2. The zero-order chi connectivity index (χ0) is 24.6. The van der Waals surface area contributed by atoms with Gasteiger partial charge >= 0.3 is 0 Å². The van der Waals surface area contributed by atoms with Crippen LogP contribution < -0.4 is 5.56 Å². The summed E-state index contributed by atoms with van der Waals surface area (Å²) in [5.41, 5.74) is 2.92. The van der Waals surface area contributed by atoms with Gasteiger partial charge in [0.2, 0.25) is 5.78 Å². The highest BCUT2D eigenvalue weighted by Crippen LogP contribution is 2.39. The fourth-order valence-corrected chi connectivity index (χ4v) is 5.64. The molecule has 3 aromatic carbocycles. The largest absolute Gasteiger partial charge is 0.360 e. The van der Waals surface area contributed by atoms with Gasteiger partial charge in [0.15, 0.2) is 10.9 Å². The Morgan fingerprint density at radius 1 is 0.972 bits per heavy atom. The first-order valence-corrected chi connectivity index (χ1v) is 12.3. The summed E-state index contributed by atoms with van der Waals surface area (Å²) in [6, 6.07) is 24.8. The number of carbonyl (C=O) groups is 1. The topological polar surface area (TPSA) is 85.0 Å². The van der Waals surface area contributed by atoms with Gasteiger partial charge in [0.1, 0.15) is 5.25 Å². The van der Waals surface area contributed by atoms with E-state index in [2.05, 4.69) is 21.8 Å². The molecule has 1 atom stereocenters. The number of nitrogens with zero attached hydrogens (tertiary/aromatic N) is 4. The number of nitrogens with one attached hydrogen (secondary N) is 1. The molecule has 3 heterocycles. The van der Waals surface area contributed by atoms with Crippen LogP contribution in [0.2, 0.25) is 0 Å². The van der Waals surface area contributed by atoms with Gasteiger partial charge in [0.25, 0.3) is 5.56 Å². The Morgan fingerprint density at radius 2 is 1.69 bits per heavy atom. The number of hydrogen-bond acceptors (Lipinski definition) is 5. The first-order chi connectivity index (χ1) is 17.7. The maximum atomic E-state index is 14.0. The van der Waals surface area contributed by atoms with Gasteiger partial charge in [-0.3, -0.25) is 18.6 Å².